The molecule has 2 fully saturated rings. The average Bonchev–Trinajstić information content (AvgIpc) is 3.45. The van der Waals surface area contributed by atoms with E-state index < -0.39 is 0 Å². The van der Waals surface area contributed by atoms with Gasteiger partial charge in [0.1, 0.15) is 0 Å². The van der Waals surface area contributed by atoms with E-state index in [1.54, 1.807) is 17.0 Å². The molecule has 0 N–H and O–H groups in total. The highest BCUT2D eigenvalue weighted by Gasteiger charge is 2.41. The Bertz CT molecular complexity index is 1100. The van der Waals surface area contributed by atoms with Crippen molar-refractivity contribution in [1.82, 2.24) is 19.5 Å². The van der Waals surface area contributed by atoms with Crippen molar-refractivity contribution >= 4 is 34.7 Å². The Kier molecular flexibility index (Phi) is 4.47. The first kappa shape index (κ1) is 18.1. The van der Waals surface area contributed by atoms with E-state index in [2.05, 4.69) is 10.2 Å². The van der Waals surface area contributed by atoms with Gasteiger partial charge in [-0.15, -0.1) is 10.2 Å². The van der Waals surface area contributed by atoms with Crippen LogP contribution in [0.5, 0.6) is 0 Å². The number of aromatic nitrogens is 3. The third-order valence-electron chi connectivity index (χ3n) is 5.77. The molecule has 29 heavy (non-hydrogen) atoms. The lowest BCUT2D eigenvalue weighted by Gasteiger charge is -2.26. The topological polar surface area (TPSA) is 70.8 Å². The molecule has 0 saturated carbocycles. The molecule has 2 aliphatic heterocycles. The van der Waals surface area contributed by atoms with E-state index in [0.29, 0.717) is 18.1 Å². The first-order chi connectivity index (χ1) is 14.1. The van der Waals surface area contributed by atoms with Crippen LogP contribution in [0.2, 0.25) is 5.02 Å². The second-order valence-corrected chi connectivity index (χ2v) is 8.00. The smallest absolute Gasteiger partial charge is 0.228 e. The Balaban J connectivity index is 1.38. The molecule has 0 aliphatic carbocycles. The number of benzene rings is 1. The molecule has 5 rings (SSSR count). The van der Waals surface area contributed by atoms with E-state index in [1.165, 1.54) is 0 Å². The van der Waals surface area contributed by atoms with E-state index in [4.69, 9.17) is 11.6 Å². The van der Waals surface area contributed by atoms with Gasteiger partial charge < -0.3 is 9.80 Å². The highest BCUT2D eigenvalue weighted by Crippen LogP contribution is 2.35. The third-order valence-corrected chi connectivity index (χ3v) is 6.00. The van der Waals surface area contributed by atoms with Gasteiger partial charge in [-0.25, -0.2) is 0 Å². The Morgan fingerprint density at radius 3 is 2.90 bits per heavy atom. The molecule has 7 nitrogen and oxygen atoms in total. The minimum absolute atomic E-state index is 0.0121. The summed E-state index contributed by atoms with van der Waals surface area (Å²) in [6.07, 6.45) is 3.90. The summed E-state index contributed by atoms with van der Waals surface area (Å²) < 4.78 is 1.94. The molecule has 4 heterocycles. The van der Waals surface area contributed by atoms with Gasteiger partial charge >= 0.3 is 0 Å². The minimum Gasteiger partial charge on any atom is -0.332 e. The maximum Gasteiger partial charge on any atom is 0.228 e. The number of rotatable bonds is 3. The summed E-state index contributed by atoms with van der Waals surface area (Å²) in [5.74, 6) is 0.385. The lowest BCUT2D eigenvalue weighted by Crippen LogP contribution is -2.37. The van der Waals surface area contributed by atoms with Crippen molar-refractivity contribution in [1.29, 1.82) is 0 Å². The van der Waals surface area contributed by atoms with Crippen LogP contribution < -0.4 is 4.90 Å². The molecule has 2 amide bonds. The molecule has 2 atom stereocenters. The number of hydrogen-bond donors (Lipinski definition) is 0. The monoisotopic (exact) mass is 409 g/mol. The van der Waals surface area contributed by atoms with Crippen molar-refractivity contribution < 1.29 is 9.59 Å². The SMILES string of the molecule is O=C1C[C@@H](C(=O)N2CCC[C@H]2c2nnc3ccccn23)CN1c1cccc(Cl)c1. The number of hydrogen-bond acceptors (Lipinski definition) is 4. The molecule has 3 aromatic rings. The number of nitrogens with zero attached hydrogens (tertiary/aromatic N) is 5. The lowest BCUT2D eigenvalue weighted by atomic mass is 10.1. The minimum atomic E-state index is -0.360. The fourth-order valence-electron chi connectivity index (χ4n) is 4.39. The van der Waals surface area contributed by atoms with Crippen molar-refractivity contribution in [2.24, 2.45) is 5.92 Å². The number of carbonyl (C=O) groups is 2. The first-order valence-electron chi connectivity index (χ1n) is 9.78. The number of anilines is 1. The zero-order valence-electron chi connectivity index (χ0n) is 15.7. The number of fused-ring (bicyclic) bond motifs is 1. The molecule has 148 valence electrons. The van der Waals surface area contributed by atoms with E-state index in [9.17, 15) is 9.59 Å². The molecule has 0 bridgehead atoms. The summed E-state index contributed by atoms with van der Waals surface area (Å²) in [7, 11) is 0. The van der Waals surface area contributed by atoms with Gasteiger partial charge in [-0.1, -0.05) is 23.7 Å². The van der Waals surface area contributed by atoms with Gasteiger partial charge in [-0.3, -0.25) is 14.0 Å². The number of halogens is 1. The van der Waals surface area contributed by atoms with Crippen LogP contribution >= 0.6 is 11.6 Å². The van der Waals surface area contributed by atoms with Gasteiger partial charge in [-0.05, 0) is 43.2 Å². The number of amides is 2. The van der Waals surface area contributed by atoms with Crippen LogP contribution in [0.1, 0.15) is 31.1 Å². The van der Waals surface area contributed by atoms with Gasteiger partial charge in [0.2, 0.25) is 11.8 Å². The fourth-order valence-corrected chi connectivity index (χ4v) is 4.57. The first-order valence-corrected chi connectivity index (χ1v) is 10.2. The predicted molar refractivity (Wildman–Crippen MR) is 109 cm³/mol. The van der Waals surface area contributed by atoms with Gasteiger partial charge in [-0.2, -0.15) is 0 Å². The van der Waals surface area contributed by atoms with E-state index in [1.807, 2.05) is 45.8 Å². The normalized spacial score (nSPS) is 22.0. The highest BCUT2D eigenvalue weighted by atomic mass is 35.5. The van der Waals surface area contributed by atoms with Crippen molar-refractivity contribution in [2.45, 2.75) is 25.3 Å². The van der Waals surface area contributed by atoms with Crippen LogP contribution in [-0.2, 0) is 9.59 Å². The van der Waals surface area contributed by atoms with Crippen molar-refractivity contribution in [2.75, 3.05) is 18.0 Å². The van der Waals surface area contributed by atoms with Gasteiger partial charge in [0, 0.05) is 36.4 Å². The van der Waals surface area contributed by atoms with Crippen LogP contribution in [0.15, 0.2) is 48.7 Å². The van der Waals surface area contributed by atoms with E-state index in [0.717, 1.165) is 30.0 Å². The standard InChI is InChI=1S/C21H20ClN5O2/c22-15-5-3-6-16(12-15)27-13-14(11-19(27)28)21(29)25-10-4-7-17(25)20-24-23-18-8-1-2-9-26(18)20/h1-3,5-6,8-9,12,14,17H,4,7,10-11,13H2/t14-,17+/m1/s1. The zero-order valence-corrected chi connectivity index (χ0v) is 16.5. The Morgan fingerprint density at radius 1 is 1.14 bits per heavy atom. The summed E-state index contributed by atoms with van der Waals surface area (Å²) in [6.45, 7) is 1.05. The second kappa shape index (κ2) is 7.15. The quantitative estimate of drug-likeness (QED) is 0.666. The number of likely N-dealkylation sites (tertiary alicyclic amines) is 1. The van der Waals surface area contributed by atoms with Gasteiger partial charge in [0.15, 0.2) is 11.5 Å². The molecular weight excluding hydrogens is 390 g/mol. The van der Waals surface area contributed by atoms with Gasteiger partial charge in [0.05, 0.1) is 12.0 Å². The maximum absolute atomic E-state index is 13.3. The number of carbonyl (C=O) groups excluding carboxylic acids is 2. The van der Waals surface area contributed by atoms with Gasteiger partial charge in [0.25, 0.3) is 0 Å². The average molecular weight is 410 g/mol. The Hall–Kier alpha value is -2.93. The van der Waals surface area contributed by atoms with Crippen molar-refractivity contribution in [3.05, 3.63) is 59.5 Å². The predicted octanol–water partition coefficient (Wildman–Crippen LogP) is 3.10. The maximum atomic E-state index is 13.3. The Morgan fingerprint density at radius 2 is 2.03 bits per heavy atom. The van der Waals surface area contributed by atoms with Crippen molar-refractivity contribution in [3.8, 4) is 0 Å². The van der Waals surface area contributed by atoms with Crippen LogP contribution in [0, 0.1) is 5.92 Å². The molecule has 0 spiro atoms. The van der Waals surface area contributed by atoms with E-state index >= 15 is 0 Å². The fraction of sp³-hybridized carbons (Fsp3) is 0.333. The highest BCUT2D eigenvalue weighted by molar-refractivity contribution is 6.31. The summed E-state index contributed by atoms with van der Waals surface area (Å²) in [5, 5.41) is 9.15. The molecule has 2 aromatic heterocycles. The lowest BCUT2D eigenvalue weighted by molar-refractivity contribution is -0.136. The van der Waals surface area contributed by atoms with Crippen LogP contribution in [0.25, 0.3) is 5.65 Å². The molecule has 0 unspecified atom stereocenters. The number of pyridine rings is 1. The second-order valence-electron chi connectivity index (χ2n) is 7.56. The largest absolute Gasteiger partial charge is 0.332 e. The molecule has 2 aliphatic rings. The van der Waals surface area contributed by atoms with Crippen LogP contribution in [-0.4, -0.2) is 44.4 Å². The molecule has 1 aromatic carbocycles. The zero-order chi connectivity index (χ0) is 20.0. The summed E-state index contributed by atoms with van der Waals surface area (Å²) >= 11 is 6.07. The molecular formula is C21H20ClN5O2. The van der Waals surface area contributed by atoms with E-state index in [-0.39, 0.29) is 30.2 Å². The summed E-state index contributed by atoms with van der Waals surface area (Å²) in [5.41, 5.74) is 1.50. The van der Waals surface area contributed by atoms with Crippen LogP contribution in [0.4, 0.5) is 5.69 Å². The third kappa shape index (κ3) is 3.15. The summed E-state index contributed by atoms with van der Waals surface area (Å²) in [4.78, 5) is 29.5. The molecule has 8 heteroatoms. The Labute approximate surface area is 172 Å². The molecule has 2 saturated heterocycles. The molecule has 0 radical (unpaired) electrons. The van der Waals surface area contributed by atoms with Crippen molar-refractivity contribution in [3.63, 3.8) is 0 Å². The summed E-state index contributed by atoms with van der Waals surface area (Å²) in [6, 6.07) is 12.8. The van der Waals surface area contributed by atoms with Crippen LogP contribution in [0.3, 0.4) is 0 Å².